The molecular weight excluding hydrogens is 215 g/mol. The Hall–Kier alpha value is -1.35. The second-order valence-corrected chi connectivity index (χ2v) is 3.59. The number of hydrogen-bond donors (Lipinski definition) is 0. The number of alkyl halides is 1. The van der Waals surface area contributed by atoms with Crippen molar-refractivity contribution in [1.82, 2.24) is 9.78 Å². The van der Waals surface area contributed by atoms with Gasteiger partial charge in [-0.3, -0.25) is 0 Å². The Morgan fingerprint density at radius 3 is 2.80 bits per heavy atom. The number of hydrogen-bond acceptors (Lipinski definition) is 1. The smallest absolute Gasteiger partial charge is 0.128 e. The molecule has 0 aliphatic carbocycles. The molecule has 2 aromatic rings. The molecule has 15 heavy (non-hydrogen) atoms. The third-order valence-electron chi connectivity index (χ3n) is 2.20. The molecule has 2 rings (SSSR count). The molecule has 0 amide bonds. The summed E-state index contributed by atoms with van der Waals surface area (Å²) < 4.78 is 14.9. The molecule has 78 valence electrons. The Morgan fingerprint density at radius 2 is 2.20 bits per heavy atom. The van der Waals surface area contributed by atoms with Crippen LogP contribution in [0.25, 0.3) is 5.69 Å². The van der Waals surface area contributed by atoms with Gasteiger partial charge >= 0.3 is 0 Å². The lowest BCUT2D eigenvalue weighted by atomic mass is 10.2. The van der Waals surface area contributed by atoms with Crippen molar-refractivity contribution in [3.63, 3.8) is 0 Å². The molecule has 0 N–H and O–H groups in total. The van der Waals surface area contributed by atoms with Crippen molar-refractivity contribution in [1.29, 1.82) is 0 Å². The van der Waals surface area contributed by atoms with Crippen LogP contribution in [0.4, 0.5) is 4.39 Å². The van der Waals surface area contributed by atoms with Crippen LogP contribution >= 0.6 is 11.6 Å². The molecule has 0 radical (unpaired) electrons. The maximum Gasteiger partial charge on any atom is 0.128 e. The summed E-state index contributed by atoms with van der Waals surface area (Å²) in [6.45, 7) is 1.73. The molecular formula is C11H10ClFN2. The van der Waals surface area contributed by atoms with E-state index in [1.165, 1.54) is 6.07 Å². The van der Waals surface area contributed by atoms with E-state index in [1.807, 2.05) is 12.1 Å². The van der Waals surface area contributed by atoms with E-state index in [0.717, 1.165) is 5.69 Å². The van der Waals surface area contributed by atoms with Gasteiger partial charge in [-0.15, -0.1) is 11.6 Å². The van der Waals surface area contributed by atoms with Gasteiger partial charge in [-0.1, -0.05) is 6.07 Å². The molecule has 0 aliphatic heterocycles. The number of rotatable bonds is 2. The first-order valence-corrected chi connectivity index (χ1v) is 5.11. The summed E-state index contributed by atoms with van der Waals surface area (Å²) in [5, 5.41) is 4.19. The minimum Gasteiger partial charge on any atom is -0.241 e. The third-order valence-corrected chi connectivity index (χ3v) is 2.48. The monoisotopic (exact) mass is 224 g/mol. The van der Waals surface area contributed by atoms with Crippen molar-refractivity contribution in [3.05, 3.63) is 47.5 Å². The van der Waals surface area contributed by atoms with Gasteiger partial charge in [0.2, 0.25) is 0 Å². The third kappa shape index (κ3) is 2.02. The first-order chi connectivity index (χ1) is 7.20. The van der Waals surface area contributed by atoms with Gasteiger partial charge in [-0.25, -0.2) is 9.07 Å². The van der Waals surface area contributed by atoms with Crippen LogP contribution < -0.4 is 0 Å². The van der Waals surface area contributed by atoms with Gasteiger partial charge in [0.15, 0.2) is 0 Å². The van der Waals surface area contributed by atoms with E-state index in [-0.39, 0.29) is 5.82 Å². The molecule has 1 aromatic heterocycles. The lowest BCUT2D eigenvalue weighted by Gasteiger charge is -2.02. The molecule has 0 atom stereocenters. The SMILES string of the molecule is Cc1ccc(-n2ccc(CCl)n2)cc1F. The fraction of sp³-hybridized carbons (Fsp3) is 0.182. The molecule has 0 bridgehead atoms. The van der Waals surface area contributed by atoms with E-state index in [9.17, 15) is 4.39 Å². The number of benzene rings is 1. The highest BCUT2D eigenvalue weighted by atomic mass is 35.5. The first-order valence-electron chi connectivity index (χ1n) is 4.58. The largest absolute Gasteiger partial charge is 0.241 e. The normalized spacial score (nSPS) is 10.6. The zero-order chi connectivity index (χ0) is 10.8. The molecule has 1 aromatic carbocycles. The van der Waals surface area contributed by atoms with E-state index in [2.05, 4.69) is 5.10 Å². The van der Waals surface area contributed by atoms with Gasteiger partial charge in [-0.05, 0) is 30.7 Å². The summed E-state index contributed by atoms with van der Waals surface area (Å²) in [5.74, 6) is 0.136. The highest BCUT2D eigenvalue weighted by molar-refractivity contribution is 6.16. The van der Waals surface area contributed by atoms with Gasteiger partial charge in [0.1, 0.15) is 5.82 Å². The van der Waals surface area contributed by atoms with E-state index < -0.39 is 0 Å². The second kappa shape index (κ2) is 4.03. The fourth-order valence-electron chi connectivity index (χ4n) is 1.30. The zero-order valence-electron chi connectivity index (χ0n) is 8.24. The van der Waals surface area contributed by atoms with Gasteiger partial charge in [0.25, 0.3) is 0 Å². The van der Waals surface area contributed by atoms with Gasteiger partial charge in [0.05, 0.1) is 17.3 Å². The number of aromatic nitrogens is 2. The Morgan fingerprint density at radius 1 is 1.40 bits per heavy atom. The van der Waals surface area contributed by atoms with Crippen LogP contribution in [0.5, 0.6) is 0 Å². The van der Waals surface area contributed by atoms with Gasteiger partial charge in [0, 0.05) is 6.20 Å². The average Bonchev–Trinajstić information content (AvgIpc) is 2.70. The molecule has 2 nitrogen and oxygen atoms in total. The van der Waals surface area contributed by atoms with Crippen LogP contribution in [0.1, 0.15) is 11.3 Å². The van der Waals surface area contributed by atoms with E-state index in [4.69, 9.17) is 11.6 Å². The highest BCUT2D eigenvalue weighted by Gasteiger charge is 2.03. The Labute approximate surface area is 92.3 Å². The molecule has 4 heteroatoms. The minimum atomic E-state index is -0.226. The van der Waals surface area contributed by atoms with Crippen LogP contribution in [0.3, 0.4) is 0 Å². The highest BCUT2D eigenvalue weighted by Crippen LogP contribution is 2.13. The van der Waals surface area contributed by atoms with Gasteiger partial charge < -0.3 is 0 Å². The Balaban J connectivity index is 2.40. The lowest BCUT2D eigenvalue weighted by Crippen LogP contribution is -1.97. The van der Waals surface area contributed by atoms with Gasteiger partial charge in [-0.2, -0.15) is 5.10 Å². The minimum absolute atomic E-state index is 0.226. The quantitative estimate of drug-likeness (QED) is 0.717. The van der Waals surface area contributed by atoms with Crippen LogP contribution in [0.15, 0.2) is 30.5 Å². The second-order valence-electron chi connectivity index (χ2n) is 3.32. The summed E-state index contributed by atoms with van der Waals surface area (Å²) in [4.78, 5) is 0. The summed E-state index contributed by atoms with van der Waals surface area (Å²) in [6.07, 6.45) is 1.77. The molecule has 0 saturated heterocycles. The van der Waals surface area contributed by atoms with Crippen molar-refractivity contribution in [3.8, 4) is 5.69 Å². The van der Waals surface area contributed by atoms with Crippen LogP contribution in [-0.2, 0) is 5.88 Å². The van der Waals surface area contributed by atoms with Crippen molar-refractivity contribution < 1.29 is 4.39 Å². The molecule has 0 spiro atoms. The standard InChI is InChI=1S/C11H10ClFN2/c1-8-2-3-10(6-11(8)13)15-5-4-9(7-12)14-15/h2-6H,7H2,1H3. The fourth-order valence-corrected chi connectivity index (χ4v) is 1.44. The molecule has 0 fully saturated rings. The Kier molecular flexibility index (Phi) is 2.73. The Bertz CT molecular complexity index is 479. The number of nitrogens with zero attached hydrogens (tertiary/aromatic N) is 2. The summed E-state index contributed by atoms with van der Waals surface area (Å²) >= 11 is 5.63. The van der Waals surface area contributed by atoms with Crippen molar-refractivity contribution in [2.75, 3.05) is 0 Å². The van der Waals surface area contributed by atoms with Crippen LogP contribution in [-0.4, -0.2) is 9.78 Å². The maximum absolute atomic E-state index is 13.3. The number of aryl methyl sites for hydroxylation is 1. The summed E-state index contributed by atoms with van der Waals surface area (Å²) in [7, 11) is 0. The van der Waals surface area contributed by atoms with E-state index in [0.29, 0.717) is 17.1 Å². The lowest BCUT2D eigenvalue weighted by molar-refractivity contribution is 0.616. The maximum atomic E-state index is 13.3. The van der Waals surface area contributed by atoms with Crippen molar-refractivity contribution >= 4 is 11.6 Å². The van der Waals surface area contributed by atoms with Crippen molar-refractivity contribution in [2.45, 2.75) is 12.8 Å². The van der Waals surface area contributed by atoms with E-state index in [1.54, 1.807) is 23.9 Å². The topological polar surface area (TPSA) is 17.8 Å². The number of halogens is 2. The zero-order valence-corrected chi connectivity index (χ0v) is 9.00. The van der Waals surface area contributed by atoms with Crippen molar-refractivity contribution in [2.24, 2.45) is 0 Å². The van der Waals surface area contributed by atoms with Crippen LogP contribution in [0, 0.1) is 12.7 Å². The summed E-state index contributed by atoms with van der Waals surface area (Å²) in [5.41, 5.74) is 2.11. The predicted molar refractivity (Wildman–Crippen MR) is 57.8 cm³/mol. The molecule has 0 unspecified atom stereocenters. The molecule has 0 aliphatic rings. The van der Waals surface area contributed by atoms with E-state index >= 15 is 0 Å². The molecule has 0 saturated carbocycles. The summed E-state index contributed by atoms with van der Waals surface area (Å²) in [6, 6.07) is 6.82. The molecule has 1 heterocycles. The predicted octanol–water partition coefficient (Wildman–Crippen LogP) is 3.06. The van der Waals surface area contributed by atoms with Crippen LogP contribution in [0.2, 0.25) is 0 Å². The average molecular weight is 225 g/mol. The first kappa shape index (κ1) is 10.2.